The van der Waals surface area contributed by atoms with Crippen LogP contribution in [0.1, 0.15) is 46.5 Å². The lowest BCUT2D eigenvalue weighted by atomic mass is 10.1. The summed E-state index contributed by atoms with van der Waals surface area (Å²) in [5, 5.41) is 2.97. The Morgan fingerprint density at radius 3 is 2.55 bits per heavy atom. The maximum atomic E-state index is 12.2. The number of imide groups is 1. The van der Waals surface area contributed by atoms with E-state index >= 15 is 0 Å². The number of amides is 2. The van der Waals surface area contributed by atoms with Gasteiger partial charge in [0.25, 0.3) is 0 Å². The van der Waals surface area contributed by atoms with Gasteiger partial charge in [-0.2, -0.15) is 0 Å². The lowest BCUT2D eigenvalue weighted by Crippen LogP contribution is -2.44. The van der Waals surface area contributed by atoms with Crippen LogP contribution in [0.5, 0.6) is 0 Å². The molecule has 20 heavy (non-hydrogen) atoms. The molecule has 0 aliphatic carbocycles. The van der Waals surface area contributed by atoms with Crippen molar-refractivity contribution in [3.8, 4) is 0 Å². The molecule has 0 spiro atoms. The van der Waals surface area contributed by atoms with Gasteiger partial charge >= 0.3 is 5.97 Å². The van der Waals surface area contributed by atoms with E-state index in [4.69, 9.17) is 4.74 Å². The van der Waals surface area contributed by atoms with Gasteiger partial charge in [0, 0.05) is 12.6 Å². The third kappa shape index (κ3) is 4.03. The van der Waals surface area contributed by atoms with E-state index in [2.05, 4.69) is 5.32 Å². The topological polar surface area (TPSA) is 75.7 Å². The zero-order valence-corrected chi connectivity index (χ0v) is 12.5. The van der Waals surface area contributed by atoms with Gasteiger partial charge in [0.05, 0.1) is 25.5 Å². The van der Waals surface area contributed by atoms with E-state index in [1.54, 1.807) is 6.92 Å². The van der Waals surface area contributed by atoms with Gasteiger partial charge in [-0.05, 0) is 19.8 Å². The molecule has 0 aromatic rings. The van der Waals surface area contributed by atoms with Gasteiger partial charge in [-0.15, -0.1) is 0 Å². The summed E-state index contributed by atoms with van der Waals surface area (Å²) in [7, 11) is 0. The molecule has 1 saturated heterocycles. The summed E-state index contributed by atoms with van der Waals surface area (Å²) in [6.45, 7) is 6.38. The highest BCUT2D eigenvalue weighted by Gasteiger charge is 2.40. The highest BCUT2D eigenvalue weighted by Crippen LogP contribution is 2.20. The summed E-state index contributed by atoms with van der Waals surface area (Å²) >= 11 is 0. The monoisotopic (exact) mass is 284 g/mol. The van der Waals surface area contributed by atoms with Crippen molar-refractivity contribution in [2.24, 2.45) is 0 Å². The van der Waals surface area contributed by atoms with E-state index in [-0.39, 0.29) is 36.7 Å². The van der Waals surface area contributed by atoms with Gasteiger partial charge in [-0.3, -0.25) is 19.3 Å². The van der Waals surface area contributed by atoms with Gasteiger partial charge in [0.15, 0.2) is 0 Å². The summed E-state index contributed by atoms with van der Waals surface area (Å²) in [4.78, 5) is 36.7. The minimum atomic E-state index is -0.502. The van der Waals surface area contributed by atoms with E-state index in [0.717, 1.165) is 12.8 Å². The first-order valence-corrected chi connectivity index (χ1v) is 7.29. The first-order valence-electron chi connectivity index (χ1n) is 7.29. The predicted octanol–water partition coefficient (Wildman–Crippen LogP) is 0.845. The first kappa shape index (κ1) is 16.6. The van der Waals surface area contributed by atoms with Crippen LogP contribution in [-0.2, 0) is 19.1 Å². The van der Waals surface area contributed by atoms with Gasteiger partial charge in [-0.25, -0.2) is 0 Å². The maximum Gasteiger partial charge on any atom is 0.307 e. The predicted molar refractivity (Wildman–Crippen MR) is 73.9 cm³/mol. The van der Waals surface area contributed by atoms with Crippen molar-refractivity contribution in [2.75, 3.05) is 13.2 Å². The Kier molecular flexibility index (Phi) is 6.64. The van der Waals surface area contributed by atoms with Crippen LogP contribution >= 0.6 is 0 Å². The van der Waals surface area contributed by atoms with Crippen molar-refractivity contribution in [1.29, 1.82) is 0 Å². The third-order valence-corrected chi connectivity index (χ3v) is 3.52. The average Bonchev–Trinajstić information content (AvgIpc) is 2.68. The SMILES string of the molecule is CCOC(=O)CCNC1CC(=O)N(C(CC)CC)C1=O. The minimum absolute atomic E-state index is 0.0214. The fourth-order valence-electron chi connectivity index (χ4n) is 2.43. The van der Waals surface area contributed by atoms with Crippen molar-refractivity contribution >= 4 is 17.8 Å². The molecule has 0 aromatic carbocycles. The molecule has 114 valence electrons. The van der Waals surface area contributed by atoms with E-state index < -0.39 is 6.04 Å². The molecule has 1 rings (SSSR count). The molecule has 0 saturated carbocycles. The van der Waals surface area contributed by atoms with Gasteiger partial charge in [0.1, 0.15) is 0 Å². The van der Waals surface area contributed by atoms with Crippen molar-refractivity contribution in [3.05, 3.63) is 0 Å². The molecule has 1 aliphatic heterocycles. The molecule has 0 aromatic heterocycles. The van der Waals surface area contributed by atoms with Crippen LogP contribution in [0.15, 0.2) is 0 Å². The van der Waals surface area contributed by atoms with Gasteiger partial charge < -0.3 is 10.1 Å². The number of hydrogen-bond donors (Lipinski definition) is 1. The molecule has 6 nitrogen and oxygen atoms in total. The summed E-state index contributed by atoms with van der Waals surface area (Å²) in [6, 6.07) is -0.524. The molecule has 1 unspecified atom stereocenters. The number of likely N-dealkylation sites (tertiary alicyclic amines) is 1. The van der Waals surface area contributed by atoms with E-state index in [1.807, 2.05) is 13.8 Å². The minimum Gasteiger partial charge on any atom is -0.466 e. The number of carbonyl (C=O) groups is 3. The molecule has 0 bridgehead atoms. The second-order valence-electron chi connectivity index (χ2n) is 4.84. The van der Waals surface area contributed by atoms with Crippen LogP contribution < -0.4 is 5.32 Å². The first-order chi connectivity index (χ1) is 9.54. The number of esters is 1. The average molecular weight is 284 g/mol. The number of rotatable bonds is 8. The Morgan fingerprint density at radius 2 is 2.00 bits per heavy atom. The highest BCUT2D eigenvalue weighted by molar-refractivity contribution is 6.05. The fourth-order valence-corrected chi connectivity index (χ4v) is 2.43. The lowest BCUT2D eigenvalue weighted by molar-refractivity contribution is -0.144. The quantitative estimate of drug-likeness (QED) is 0.528. The Balaban J connectivity index is 2.48. The Labute approximate surface area is 119 Å². The fraction of sp³-hybridized carbons (Fsp3) is 0.786. The second kappa shape index (κ2) is 7.99. The molecule has 1 N–H and O–H groups in total. The Hall–Kier alpha value is -1.43. The molecule has 1 heterocycles. The van der Waals surface area contributed by atoms with Crippen LogP contribution in [0, 0.1) is 0 Å². The third-order valence-electron chi connectivity index (χ3n) is 3.52. The van der Waals surface area contributed by atoms with Crippen molar-refractivity contribution in [1.82, 2.24) is 10.2 Å². The van der Waals surface area contributed by atoms with E-state index in [1.165, 1.54) is 4.90 Å². The van der Waals surface area contributed by atoms with Crippen LogP contribution in [0.2, 0.25) is 0 Å². The highest BCUT2D eigenvalue weighted by atomic mass is 16.5. The van der Waals surface area contributed by atoms with Crippen LogP contribution in [0.4, 0.5) is 0 Å². The molecule has 0 radical (unpaired) electrons. The smallest absolute Gasteiger partial charge is 0.307 e. The van der Waals surface area contributed by atoms with Crippen molar-refractivity contribution in [2.45, 2.75) is 58.5 Å². The number of nitrogens with one attached hydrogen (secondary N) is 1. The van der Waals surface area contributed by atoms with Crippen molar-refractivity contribution < 1.29 is 19.1 Å². The molecule has 1 atom stereocenters. The zero-order chi connectivity index (χ0) is 15.1. The summed E-state index contributed by atoms with van der Waals surface area (Å²) < 4.78 is 4.81. The largest absolute Gasteiger partial charge is 0.466 e. The van der Waals surface area contributed by atoms with Crippen molar-refractivity contribution in [3.63, 3.8) is 0 Å². The van der Waals surface area contributed by atoms with Gasteiger partial charge in [-0.1, -0.05) is 13.8 Å². The zero-order valence-electron chi connectivity index (χ0n) is 12.5. The number of hydrogen-bond acceptors (Lipinski definition) is 5. The van der Waals surface area contributed by atoms with E-state index in [9.17, 15) is 14.4 Å². The van der Waals surface area contributed by atoms with Crippen LogP contribution in [0.3, 0.4) is 0 Å². The normalized spacial score (nSPS) is 19.0. The molecule has 6 heteroatoms. The van der Waals surface area contributed by atoms with Crippen LogP contribution in [-0.4, -0.2) is 47.9 Å². The standard InChI is InChI=1S/C14H24N2O4/c1-4-10(5-2)16-12(17)9-11(14(16)19)15-8-7-13(18)20-6-3/h10-11,15H,4-9H2,1-3H3. The summed E-state index contributed by atoms with van der Waals surface area (Å²) in [5.41, 5.74) is 0. The van der Waals surface area contributed by atoms with Gasteiger partial charge in [0.2, 0.25) is 11.8 Å². The molecular weight excluding hydrogens is 260 g/mol. The molecule has 1 fully saturated rings. The summed E-state index contributed by atoms with van der Waals surface area (Å²) in [5.74, 6) is -0.599. The van der Waals surface area contributed by atoms with E-state index in [0.29, 0.717) is 13.2 Å². The second-order valence-corrected chi connectivity index (χ2v) is 4.84. The number of nitrogens with zero attached hydrogens (tertiary/aromatic N) is 1. The molecule has 1 aliphatic rings. The Bertz CT molecular complexity index is 366. The lowest BCUT2D eigenvalue weighted by Gasteiger charge is -2.24. The molecular formula is C14H24N2O4. The Morgan fingerprint density at radius 1 is 1.35 bits per heavy atom. The summed E-state index contributed by atoms with van der Waals surface area (Å²) in [6.07, 6.45) is 1.92. The number of carbonyl (C=O) groups excluding carboxylic acids is 3. The molecule has 2 amide bonds. The van der Waals surface area contributed by atoms with Crippen LogP contribution in [0.25, 0.3) is 0 Å². The maximum absolute atomic E-state index is 12.2. The number of ether oxygens (including phenoxy) is 1.